The Hall–Kier alpha value is -5.53. The second-order valence-corrected chi connectivity index (χ2v) is 7.52. The Balaban J connectivity index is 1.42. The third-order valence-corrected chi connectivity index (χ3v) is 5.30. The molecule has 0 fully saturated rings. The zero-order valence-corrected chi connectivity index (χ0v) is 18.5. The number of nitrogen functional groups attached to an aromatic ring is 1. The molecule has 0 aliphatic rings. The van der Waals surface area contributed by atoms with Gasteiger partial charge in [0, 0.05) is 28.4 Å². The lowest BCUT2D eigenvalue weighted by molar-refractivity contribution is 0.0947. The van der Waals surface area contributed by atoms with E-state index in [1.165, 1.54) is 10.9 Å². The lowest BCUT2D eigenvalue weighted by Gasteiger charge is -2.11. The molecule has 0 aliphatic carbocycles. The van der Waals surface area contributed by atoms with Gasteiger partial charge in [0.05, 0.1) is 24.0 Å². The number of nitrogens with zero attached hydrogens (tertiary/aromatic N) is 6. The first-order chi connectivity index (χ1) is 17.5. The Morgan fingerprint density at radius 2 is 1.94 bits per heavy atom. The maximum atomic E-state index is 13.0. The second kappa shape index (κ2) is 9.38. The molecule has 5 aromatic rings. The maximum absolute atomic E-state index is 13.0. The Kier molecular flexibility index (Phi) is 5.80. The number of amides is 2. The van der Waals surface area contributed by atoms with Crippen LogP contribution in [-0.4, -0.2) is 48.3 Å². The van der Waals surface area contributed by atoms with Gasteiger partial charge in [-0.15, -0.1) is 5.10 Å². The number of nitrogens with one attached hydrogen (secondary N) is 3. The van der Waals surface area contributed by atoms with E-state index < -0.39 is 11.8 Å². The van der Waals surface area contributed by atoms with Crippen LogP contribution in [0.2, 0.25) is 0 Å². The molecule has 3 aromatic heterocycles. The fourth-order valence-electron chi connectivity index (χ4n) is 3.59. The first-order valence-electron chi connectivity index (χ1n) is 10.6. The van der Waals surface area contributed by atoms with Gasteiger partial charge in [0.1, 0.15) is 0 Å². The number of aromatic amines is 1. The van der Waals surface area contributed by atoms with Crippen molar-refractivity contribution in [2.24, 2.45) is 10.8 Å². The Bertz CT molecular complexity index is 1600. The van der Waals surface area contributed by atoms with Gasteiger partial charge in [-0.2, -0.15) is 9.78 Å². The number of carbonyl (C=O) groups excluding carboxylic acids is 2. The molecule has 2 amide bonds. The molecule has 0 saturated heterocycles. The first-order valence-corrected chi connectivity index (χ1v) is 10.6. The van der Waals surface area contributed by atoms with E-state index in [0.29, 0.717) is 5.69 Å². The molecule has 0 radical (unpaired) electrons. The van der Waals surface area contributed by atoms with Crippen LogP contribution in [0.3, 0.4) is 0 Å². The molecule has 2 aromatic carbocycles. The van der Waals surface area contributed by atoms with Crippen molar-refractivity contribution < 1.29 is 14.2 Å². The third kappa shape index (κ3) is 4.21. The molecular formula is C22H19N11O3. The molecule has 14 heteroatoms. The summed E-state index contributed by atoms with van der Waals surface area (Å²) in [5, 5.41) is 23.3. The predicted octanol–water partition coefficient (Wildman–Crippen LogP) is 1.19. The Labute approximate surface area is 202 Å². The highest BCUT2D eigenvalue weighted by Crippen LogP contribution is 2.20. The highest BCUT2D eigenvalue weighted by molar-refractivity contribution is 6.00. The van der Waals surface area contributed by atoms with Gasteiger partial charge in [-0.3, -0.25) is 9.59 Å². The normalized spacial score (nSPS) is 11.2. The van der Waals surface area contributed by atoms with E-state index in [4.69, 9.17) is 11.5 Å². The summed E-state index contributed by atoms with van der Waals surface area (Å²) >= 11 is 0. The largest absolute Gasteiger partial charge is 0.379 e. The number of carbonyl (C=O) groups is 2. The number of aromatic nitrogens is 6. The number of fused-ring (bicyclic) bond motifs is 1. The number of rotatable bonds is 8. The molecule has 0 bridgehead atoms. The van der Waals surface area contributed by atoms with E-state index in [1.807, 2.05) is 24.3 Å². The van der Waals surface area contributed by atoms with E-state index in [9.17, 15) is 9.59 Å². The number of para-hydroxylation sites is 2. The lowest BCUT2D eigenvalue weighted by Crippen LogP contribution is -2.22. The number of H-pyrrole nitrogens is 1. The summed E-state index contributed by atoms with van der Waals surface area (Å²) in [6, 6.07) is 14.4. The summed E-state index contributed by atoms with van der Waals surface area (Å²) in [4.78, 5) is 27.9. The lowest BCUT2D eigenvalue weighted by atomic mass is 10.1. The van der Waals surface area contributed by atoms with Crippen LogP contribution in [0, 0.1) is 0 Å². The molecule has 180 valence electrons. The summed E-state index contributed by atoms with van der Waals surface area (Å²) < 4.78 is 5.87. The highest BCUT2D eigenvalue weighted by Gasteiger charge is 2.24. The Morgan fingerprint density at radius 1 is 1.14 bits per heavy atom. The monoisotopic (exact) mass is 485 g/mol. The number of hydrazone groups is 1. The summed E-state index contributed by atoms with van der Waals surface area (Å²) in [7, 11) is 0. The van der Waals surface area contributed by atoms with Crippen LogP contribution in [0.4, 0.5) is 11.5 Å². The highest BCUT2D eigenvalue weighted by atomic mass is 16.6. The number of nitrogens with two attached hydrogens (primary N) is 2. The number of hydrogen-bond acceptors (Lipinski definition) is 10. The quantitative estimate of drug-likeness (QED) is 0.158. The van der Waals surface area contributed by atoms with Gasteiger partial charge >= 0.3 is 0 Å². The van der Waals surface area contributed by atoms with Crippen molar-refractivity contribution in [3.05, 3.63) is 77.2 Å². The molecule has 5 rings (SSSR count). The van der Waals surface area contributed by atoms with Crippen molar-refractivity contribution in [2.75, 3.05) is 11.1 Å². The number of benzene rings is 2. The first kappa shape index (κ1) is 22.3. The minimum absolute atomic E-state index is 0.00148. The molecule has 14 nitrogen and oxygen atoms in total. The summed E-state index contributed by atoms with van der Waals surface area (Å²) in [6.07, 6.45) is 3.30. The van der Waals surface area contributed by atoms with Crippen molar-refractivity contribution in [1.29, 1.82) is 0 Å². The Morgan fingerprint density at radius 3 is 2.75 bits per heavy atom. The van der Waals surface area contributed by atoms with Crippen molar-refractivity contribution in [1.82, 2.24) is 35.7 Å². The van der Waals surface area contributed by atoms with Crippen LogP contribution < -0.4 is 22.2 Å². The molecule has 0 spiro atoms. The van der Waals surface area contributed by atoms with E-state index in [0.717, 1.165) is 16.5 Å². The van der Waals surface area contributed by atoms with Gasteiger partial charge in [-0.25, -0.2) is 10.1 Å². The van der Waals surface area contributed by atoms with Crippen molar-refractivity contribution >= 4 is 40.4 Å². The third-order valence-electron chi connectivity index (χ3n) is 5.30. The van der Waals surface area contributed by atoms with Gasteiger partial charge in [0.15, 0.2) is 5.69 Å². The molecule has 0 aliphatic heterocycles. The minimum Gasteiger partial charge on any atom is -0.379 e. The van der Waals surface area contributed by atoms with Crippen molar-refractivity contribution in [3.8, 4) is 5.82 Å². The van der Waals surface area contributed by atoms with Gasteiger partial charge in [0.2, 0.25) is 11.6 Å². The van der Waals surface area contributed by atoms with Crippen LogP contribution >= 0.6 is 0 Å². The number of hydrogen-bond donors (Lipinski definition) is 5. The fourth-order valence-corrected chi connectivity index (χ4v) is 3.59. The zero-order valence-electron chi connectivity index (χ0n) is 18.5. The average Bonchev–Trinajstić information content (AvgIpc) is 3.61. The smallest absolute Gasteiger partial charge is 0.293 e. The van der Waals surface area contributed by atoms with Crippen LogP contribution in [0.25, 0.3) is 16.7 Å². The van der Waals surface area contributed by atoms with Crippen molar-refractivity contribution in [3.63, 3.8) is 0 Å². The number of primary amides is 1. The zero-order chi connectivity index (χ0) is 25.1. The van der Waals surface area contributed by atoms with Crippen LogP contribution in [0.1, 0.15) is 32.1 Å². The van der Waals surface area contributed by atoms with E-state index in [2.05, 4.69) is 46.1 Å². The van der Waals surface area contributed by atoms with E-state index in [-0.39, 0.29) is 35.1 Å². The second-order valence-electron chi connectivity index (χ2n) is 7.52. The summed E-state index contributed by atoms with van der Waals surface area (Å²) in [5.41, 5.74) is 16.4. The van der Waals surface area contributed by atoms with E-state index in [1.54, 1.807) is 30.5 Å². The van der Waals surface area contributed by atoms with Crippen molar-refractivity contribution in [2.45, 2.75) is 6.54 Å². The van der Waals surface area contributed by atoms with Crippen LogP contribution in [-0.2, 0) is 6.54 Å². The minimum atomic E-state index is -0.632. The van der Waals surface area contributed by atoms with Crippen LogP contribution in [0.5, 0.6) is 0 Å². The van der Waals surface area contributed by atoms with Crippen LogP contribution in [0.15, 0.2) is 64.5 Å². The number of anilines is 2. The molecule has 3 heterocycles. The average molecular weight is 485 g/mol. The molecular weight excluding hydrogens is 466 g/mol. The van der Waals surface area contributed by atoms with E-state index >= 15 is 0 Å². The summed E-state index contributed by atoms with van der Waals surface area (Å²) in [5.74, 6) is -1.25. The van der Waals surface area contributed by atoms with Gasteiger partial charge in [-0.05, 0) is 28.5 Å². The molecule has 0 atom stereocenters. The fraction of sp³-hybridized carbons (Fsp3) is 0.0455. The topological polar surface area (TPSA) is 208 Å². The molecule has 7 N–H and O–H groups in total. The van der Waals surface area contributed by atoms with Gasteiger partial charge < -0.3 is 21.8 Å². The molecule has 36 heavy (non-hydrogen) atoms. The molecule has 0 unspecified atom stereocenters. The predicted molar refractivity (Wildman–Crippen MR) is 129 cm³/mol. The SMILES string of the molecule is NC(=O)c1ccccc1NCc1c(C(=O)N/N=C/c2c[nH]c3ccccc23)nnn1-c1nonc1N. The van der Waals surface area contributed by atoms with Gasteiger partial charge in [0.25, 0.3) is 11.8 Å². The standard InChI is InChI=1S/C22H19N11O3/c23-19-21(31-36-30-19)33-17(11-26-16-8-4-2-6-14(16)20(24)34)18(28-32-33)22(35)29-27-10-12-9-25-15-7-3-1-5-13(12)15/h1-10,25-26H,11H2,(H2,23,30)(H2,24,34)(H,29,35)/b27-10+. The van der Waals surface area contributed by atoms with Gasteiger partial charge in [-0.1, -0.05) is 35.5 Å². The molecule has 0 saturated carbocycles. The summed E-state index contributed by atoms with van der Waals surface area (Å²) in [6.45, 7) is -0.00148. The maximum Gasteiger partial charge on any atom is 0.293 e.